The van der Waals surface area contributed by atoms with Crippen molar-refractivity contribution in [3.63, 3.8) is 0 Å². The maximum atomic E-state index is 12.0. The first-order valence-electron chi connectivity index (χ1n) is 6.28. The van der Waals surface area contributed by atoms with Gasteiger partial charge >= 0.3 is 0 Å². The van der Waals surface area contributed by atoms with Crippen molar-refractivity contribution in [2.75, 3.05) is 5.73 Å². The Kier molecular flexibility index (Phi) is 4.92. The van der Waals surface area contributed by atoms with Gasteiger partial charge in [-0.25, -0.2) is 0 Å². The van der Waals surface area contributed by atoms with E-state index < -0.39 is 6.04 Å². The first kappa shape index (κ1) is 15.0. The van der Waals surface area contributed by atoms with Crippen molar-refractivity contribution >= 4 is 17.5 Å². The summed E-state index contributed by atoms with van der Waals surface area (Å²) in [5.74, 6) is -0.512. The zero-order valence-electron chi connectivity index (χ0n) is 11.8. The molecule has 4 N–H and O–H groups in total. The average molecular weight is 263 g/mol. The lowest BCUT2D eigenvalue weighted by Crippen LogP contribution is -2.46. The van der Waals surface area contributed by atoms with Gasteiger partial charge in [-0.15, -0.1) is 0 Å². The van der Waals surface area contributed by atoms with E-state index in [1.54, 1.807) is 25.1 Å². The van der Waals surface area contributed by atoms with E-state index in [0.717, 1.165) is 5.56 Å². The molecule has 0 aromatic heterocycles. The van der Waals surface area contributed by atoms with Gasteiger partial charge in [0.25, 0.3) is 5.91 Å². The molecule has 0 aliphatic carbocycles. The van der Waals surface area contributed by atoms with Crippen LogP contribution in [0.5, 0.6) is 0 Å². The van der Waals surface area contributed by atoms with Gasteiger partial charge in [-0.2, -0.15) is 0 Å². The molecule has 1 aromatic rings. The van der Waals surface area contributed by atoms with Crippen LogP contribution in [0.2, 0.25) is 0 Å². The Labute approximate surface area is 113 Å². The molecule has 1 unspecified atom stereocenters. The van der Waals surface area contributed by atoms with Crippen molar-refractivity contribution in [2.24, 2.45) is 0 Å². The second-order valence-electron chi connectivity index (χ2n) is 4.93. The minimum atomic E-state index is -0.586. The first-order valence-corrected chi connectivity index (χ1v) is 6.28. The molecule has 0 spiro atoms. The van der Waals surface area contributed by atoms with Crippen LogP contribution in [0, 0.1) is 6.92 Å². The van der Waals surface area contributed by atoms with Gasteiger partial charge in [0.2, 0.25) is 5.91 Å². The molecule has 0 aliphatic heterocycles. The summed E-state index contributed by atoms with van der Waals surface area (Å²) in [6, 6.07) is 4.54. The van der Waals surface area contributed by atoms with Crippen molar-refractivity contribution in [2.45, 2.75) is 39.8 Å². The number of nitrogens with two attached hydrogens (primary N) is 1. The molecule has 2 amide bonds. The van der Waals surface area contributed by atoms with Gasteiger partial charge in [-0.3, -0.25) is 9.59 Å². The van der Waals surface area contributed by atoms with Crippen LogP contribution >= 0.6 is 0 Å². The summed E-state index contributed by atoms with van der Waals surface area (Å²) >= 11 is 0. The van der Waals surface area contributed by atoms with Gasteiger partial charge in [0.15, 0.2) is 0 Å². The van der Waals surface area contributed by atoms with Gasteiger partial charge < -0.3 is 16.4 Å². The summed E-state index contributed by atoms with van der Waals surface area (Å²) in [7, 11) is 0. The van der Waals surface area contributed by atoms with Crippen molar-refractivity contribution in [1.82, 2.24) is 10.6 Å². The number of carbonyl (C=O) groups is 2. The Hall–Kier alpha value is -2.04. The second kappa shape index (κ2) is 6.22. The molecule has 0 bridgehead atoms. The Morgan fingerprint density at radius 1 is 1.16 bits per heavy atom. The Morgan fingerprint density at radius 3 is 2.32 bits per heavy atom. The van der Waals surface area contributed by atoms with Crippen LogP contribution < -0.4 is 16.4 Å². The number of carbonyl (C=O) groups excluding carboxylic acids is 2. The lowest BCUT2D eigenvalue weighted by Gasteiger charge is -2.16. The molecule has 0 heterocycles. The number of hydrogen-bond acceptors (Lipinski definition) is 3. The maximum Gasteiger partial charge on any atom is 0.251 e. The molecular formula is C14H21N3O2. The number of anilines is 1. The molecule has 1 aromatic carbocycles. The topological polar surface area (TPSA) is 84.2 Å². The highest BCUT2D eigenvalue weighted by Gasteiger charge is 2.17. The number of rotatable bonds is 4. The van der Waals surface area contributed by atoms with E-state index >= 15 is 0 Å². The third kappa shape index (κ3) is 4.28. The third-order valence-electron chi connectivity index (χ3n) is 2.71. The first-order chi connectivity index (χ1) is 8.81. The Bertz CT molecular complexity index is 484. The van der Waals surface area contributed by atoms with Gasteiger partial charge in [-0.1, -0.05) is 6.07 Å². The van der Waals surface area contributed by atoms with E-state index in [1.165, 1.54) is 0 Å². The van der Waals surface area contributed by atoms with E-state index in [4.69, 9.17) is 5.73 Å². The zero-order valence-corrected chi connectivity index (χ0v) is 11.8. The van der Waals surface area contributed by atoms with Crippen LogP contribution in [-0.4, -0.2) is 23.9 Å². The van der Waals surface area contributed by atoms with Crippen molar-refractivity contribution < 1.29 is 9.59 Å². The van der Waals surface area contributed by atoms with E-state index in [9.17, 15) is 9.59 Å². The fourth-order valence-corrected chi connectivity index (χ4v) is 1.54. The fraction of sp³-hybridized carbons (Fsp3) is 0.429. The van der Waals surface area contributed by atoms with E-state index in [-0.39, 0.29) is 17.9 Å². The summed E-state index contributed by atoms with van der Waals surface area (Å²) < 4.78 is 0. The molecule has 104 valence electrons. The van der Waals surface area contributed by atoms with E-state index in [0.29, 0.717) is 11.3 Å². The summed E-state index contributed by atoms with van der Waals surface area (Å²) in [6.07, 6.45) is 0. The van der Waals surface area contributed by atoms with Gasteiger partial charge in [-0.05, 0) is 45.4 Å². The third-order valence-corrected chi connectivity index (χ3v) is 2.71. The number of aryl methyl sites for hydroxylation is 1. The van der Waals surface area contributed by atoms with Crippen LogP contribution in [0.25, 0.3) is 0 Å². The summed E-state index contributed by atoms with van der Waals surface area (Å²) in [4.78, 5) is 23.7. The maximum absolute atomic E-state index is 12.0. The standard InChI is InChI=1S/C14H21N3O2/c1-8(2)16-13(18)10(4)17-14(19)11-6-5-9(3)12(15)7-11/h5-8,10H,15H2,1-4H3,(H,16,18)(H,17,19). The van der Waals surface area contributed by atoms with Crippen LogP contribution in [0.1, 0.15) is 36.7 Å². The fourth-order valence-electron chi connectivity index (χ4n) is 1.54. The monoisotopic (exact) mass is 263 g/mol. The molecule has 5 heteroatoms. The highest BCUT2D eigenvalue weighted by molar-refractivity contribution is 5.98. The molecule has 0 aliphatic rings. The van der Waals surface area contributed by atoms with Crippen molar-refractivity contribution in [3.8, 4) is 0 Å². The van der Waals surface area contributed by atoms with E-state index in [2.05, 4.69) is 10.6 Å². The molecule has 0 saturated heterocycles. The average Bonchev–Trinajstić information content (AvgIpc) is 2.31. The number of benzene rings is 1. The second-order valence-corrected chi connectivity index (χ2v) is 4.93. The molecule has 0 radical (unpaired) electrons. The largest absolute Gasteiger partial charge is 0.398 e. The summed E-state index contributed by atoms with van der Waals surface area (Å²) in [5, 5.41) is 5.38. The molecule has 5 nitrogen and oxygen atoms in total. The predicted molar refractivity (Wildman–Crippen MR) is 75.8 cm³/mol. The van der Waals surface area contributed by atoms with Crippen LogP contribution in [0.4, 0.5) is 5.69 Å². The van der Waals surface area contributed by atoms with Gasteiger partial charge in [0.05, 0.1) is 0 Å². The number of nitrogens with one attached hydrogen (secondary N) is 2. The highest BCUT2D eigenvalue weighted by Crippen LogP contribution is 2.12. The van der Waals surface area contributed by atoms with Crippen LogP contribution in [0.15, 0.2) is 18.2 Å². The molecule has 0 saturated carbocycles. The molecule has 1 rings (SSSR count). The molecular weight excluding hydrogens is 242 g/mol. The lowest BCUT2D eigenvalue weighted by atomic mass is 10.1. The molecule has 0 fully saturated rings. The van der Waals surface area contributed by atoms with Crippen molar-refractivity contribution in [3.05, 3.63) is 29.3 Å². The Balaban J connectivity index is 2.68. The number of amides is 2. The lowest BCUT2D eigenvalue weighted by molar-refractivity contribution is -0.123. The number of nitrogen functional groups attached to an aromatic ring is 1. The quantitative estimate of drug-likeness (QED) is 0.714. The molecule has 1 atom stereocenters. The van der Waals surface area contributed by atoms with Crippen LogP contribution in [0.3, 0.4) is 0 Å². The normalized spacial score (nSPS) is 12.1. The smallest absolute Gasteiger partial charge is 0.251 e. The minimum absolute atomic E-state index is 0.0434. The van der Waals surface area contributed by atoms with Crippen molar-refractivity contribution in [1.29, 1.82) is 0 Å². The SMILES string of the molecule is Cc1ccc(C(=O)NC(C)C(=O)NC(C)C)cc1N. The highest BCUT2D eigenvalue weighted by atomic mass is 16.2. The van der Waals surface area contributed by atoms with Crippen LogP contribution in [-0.2, 0) is 4.79 Å². The molecule has 19 heavy (non-hydrogen) atoms. The predicted octanol–water partition coefficient (Wildman–Crippen LogP) is 1.22. The van der Waals surface area contributed by atoms with Gasteiger partial charge in [0, 0.05) is 17.3 Å². The Morgan fingerprint density at radius 2 is 1.79 bits per heavy atom. The summed E-state index contributed by atoms with van der Waals surface area (Å²) in [6.45, 7) is 7.25. The zero-order chi connectivity index (χ0) is 14.6. The summed E-state index contributed by atoms with van der Waals surface area (Å²) in [5.41, 5.74) is 7.69. The number of hydrogen-bond donors (Lipinski definition) is 3. The van der Waals surface area contributed by atoms with Gasteiger partial charge in [0.1, 0.15) is 6.04 Å². The minimum Gasteiger partial charge on any atom is -0.398 e. The van der Waals surface area contributed by atoms with E-state index in [1.807, 2.05) is 20.8 Å².